The van der Waals surface area contributed by atoms with Gasteiger partial charge < -0.3 is 5.32 Å². The summed E-state index contributed by atoms with van der Waals surface area (Å²) in [7, 11) is 0. The topological polar surface area (TPSA) is 89.5 Å². The molecule has 1 aliphatic rings. The Bertz CT molecular complexity index is 1230. The molecule has 1 aliphatic carbocycles. The van der Waals surface area contributed by atoms with E-state index in [4.69, 9.17) is 0 Å². The van der Waals surface area contributed by atoms with Crippen molar-refractivity contribution in [1.82, 2.24) is 29.2 Å². The van der Waals surface area contributed by atoms with Crippen molar-refractivity contribution in [2.24, 2.45) is 5.92 Å². The van der Waals surface area contributed by atoms with E-state index in [2.05, 4.69) is 41.5 Å². The van der Waals surface area contributed by atoms with Crippen molar-refractivity contribution < 1.29 is 13.6 Å². The first kappa shape index (κ1) is 17.2. The van der Waals surface area contributed by atoms with Crippen LogP contribution in [0.25, 0.3) is 11.3 Å². The summed E-state index contributed by atoms with van der Waals surface area (Å²) in [5.41, 5.74) is 0.137. The molecule has 1 saturated carbocycles. The van der Waals surface area contributed by atoms with E-state index < -0.39 is 17.4 Å². The second kappa shape index (κ2) is 6.03. The second-order valence-corrected chi connectivity index (χ2v) is 7.50. The van der Waals surface area contributed by atoms with Gasteiger partial charge in [-0.25, -0.2) is 9.50 Å². The average Bonchev–Trinajstić information content (AvgIpc) is 3.30. The molecule has 0 spiro atoms. The molecule has 0 saturated heterocycles. The first-order valence-electron chi connectivity index (χ1n) is 8.48. The number of rotatable bonds is 4. The van der Waals surface area contributed by atoms with Crippen LogP contribution < -0.4 is 5.32 Å². The van der Waals surface area contributed by atoms with E-state index in [1.54, 1.807) is 12.1 Å². The minimum absolute atomic E-state index is 0.0122. The highest BCUT2D eigenvalue weighted by Crippen LogP contribution is 2.34. The Kier molecular flexibility index (Phi) is 3.69. The van der Waals surface area contributed by atoms with Crippen molar-refractivity contribution in [2.45, 2.75) is 18.8 Å². The molecule has 0 aromatic carbocycles. The van der Waals surface area contributed by atoms with E-state index in [-0.39, 0.29) is 17.6 Å². The van der Waals surface area contributed by atoms with E-state index in [1.807, 2.05) is 0 Å². The molecule has 0 bridgehead atoms. The average molecular weight is 448 g/mol. The molecule has 28 heavy (non-hydrogen) atoms. The Balaban J connectivity index is 1.53. The van der Waals surface area contributed by atoms with E-state index in [0.29, 0.717) is 15.8 Å². The number of nitrogens with zero attached hydrogens (tertiary/aromatic N) is 6. The van der Waals surface area contributed by atoms with Crippen LogP contribution in [0.5, 0.6) is 0 Å². The zero-order valence-corrected chi connectivity index (χ0v) is 15.8. The number of alkyl halides is 2. The fourth-order valence-electron chi connectivity index (χ4n) is 2.88. The lowest BCUT2D eigenvalue weighted by molar-refractivity contribution is -0.117. The van der Waals surface area contributed by atoms with Crippen molar-refractivity contribution in [2.75, 3.05) is 5.32 Å². The summed E-state index contributed by atoms with van der Waals surface area (Å²) in [5.74, 6) is -3.86. The Hall–Kier alpha value is -2.95. The number of hydrogen-bond acceptors (Lipinski definition) is 5. The zero-order valence-electron chi connectivity index (χ0n) is 14.2. The van der Waals surface area contributed by atoms with Crippen LogP contribution in [-0.2, 0) is 10.7 Å². The van der Waals surface area contributed by atoms with Crippen LogP contribution in [0.15, 0.2) is 41.1 Å². The largest absolute Gasteiger partial charge is 0.350 e. The monoisotopic (exact) mass is 447 g/mol. The molecule has 4 aromatic rings. The lowest BCUT2D eigenvalue weighted by atomic mass is 10.2. The SMILES string of the molecule is O=C(Nc1cn2nc(C(F)(F)c3nnc4ccc(Br)cn34)ccc2n1)C1CC1. The number of fused-ring (bicyclic) bond motifs is 2. The molecule has 1 fully saturated rings. The van der Waals surface area contributed by atoms with Crippen LogP contribution in [0.3, 0.4) is 0 Å². The third-order valence-corrected chi connectivity index (χ3v) is 4.96. The van der Waals surface area contributed by atoms with Crippen LogP contribution in [0, 0.1) is 5.92 Å². The van der Waals surface area contributed by atoms with E-state index in [9.17, 15) is 4.79 Å². The van der Waals surface area contributed by atoms with Crippen LogP contribution in [-0.4, -0.2) is 35.1 Å². The number of carbonyl (C=O) groups is 1. The van der Waals surface area contributed by atoms with Gasteiger partial charge in [-0.2, -0.15) is 13.9 Å². The van der Waals surface area contributed by atoms with Gasteiger partial charge in [0.25, 0.3) is 0 Å². The molecule has 8 nitrogen and oxygen atoms in total. The van der Waals surface area contributed by atoms with Gasteiger partial charge in [-0.1, -0.05) is 0 Å². The maximum absolute atomic E-state index is 15.1. The molecular weight excluding hydrogens is 436 g/mol. The summed E-state index contributed by atoms with van der Waals surface area (Å²) in [6.45, 7) is 0. The molecule has 1 N–H and O–H groups in total. The second-order valence-electron chi connectivity index (χ2n) is 6.58. The Morgan fingerprint density at radius 3 is 2.71 bits per heavy atom. The summed E-state index contributed by atoms with van der Waals surface area (Å²) in [6.07, 6.45) is 4.60. The predicted octanol–water partition coefficient (Wildman–Crippen LogP) is 3.02. The van der Waals surface area contributed by atoms with Crippen LogP contribution in [0.2, 0.25) is 0 Å². The first-order chi connectivity index (χ1) is 13.4. The van der Waals surface area contributed by atoms with Gasteiger partial charge >= 0.3 is 5.92 Å². The Labute approximate surface area is 164 Å². The van der Waals surface area contributed by atoms with Gasteiger partial charge in [0.05, 0.1) is 6.20 Å². The van der Waals surface area contributed by atoms with E-state index >= 15 is 8.78 Å². The standard InChI is InChI=1S/C17H12BrF2N7O/c18-10-3-5-14-23-24-16(26(14)7-10)17(19,20)11-4-6-13-21-12(8-27(13)25-11)22-15(28)9-1-2-9/h3-9H,1-2H2,(H,22,28). The van der Waals surface area contributed by atoms with Gasteiger partial charge in [0.2, 0.25) is 11.7 Å². The van der Waals surface area contributed by atoms with Crippen molar-refractivity contribution in [3.05, 3.63) is 52.7 Å². The maximum atomic E-state index is 15.1. The number of carbonyl (C=O) groups excluding carboxylic acids is 1. The highest BCUT2D eigenvalue weighted by atomic mass is 79.9. The summed E-state index contributed by atoms with van der Waals surface area (Å²) >= 11 is 3.26. The summed E-state index contributed by atoms with van der Waals surface area (Å²) in [4.78, 5) is 16.1. The van der Waals surface area contributed by atoms with Gasteiger partial charge in [0.1, 0.15) is 5.69 Å². The fourth-order valence-corrected chi connectivity index (χ4v) is 3.21. The maximum Gasteiger partial charge on any atom is 0.350 e. The Morgan fingerprint density at radius 1 is 1.14 bits per heavy atom. The van der Waals surface area contributed by atoms with Crippen LogP contribution in [0.1, 0.15) is 24.4 Å². The number of imidazole rings is 1. The predicted molar refractivity (Wildman–Crippen MR) is 98.0 cm³/mol. The van der Waals surface area contributed by atoms with Gasteiger partial charge in [0, 0.05) is 16.6 Å². The van der Waals surface area contributed by atoms with Crippen molar-refractivity contribution >= 4 is 38.9 Å². The normalized spacial score (nSPS) is 14.7. The van der Waals surface area contributed by atoms with Gasteiger partial charge in [-0.05, 0) is 53.0 Å². The van der Waals surface area contributed by atoms with E-state index in [0.717, 1.165) is 12.8 Å². The number of hydrogen-bond donors (Lipinski definition) is 1. The van der Waals surface area contributed by atoms with Crippen molar-refractivity contribution in [3.8, 4) is 0 Å². The van der Waals surface area contributed by atoms with E-state index in [1.165, 1.54) is 33.4 Å². The number of pyridine rings is 1. The molecule has 4 aromatic heterocycles. The highest BCUT2D eigenvalue weighted by molar-refractivity contribution is 9.10. The summed E-state index contributed by atoms with van der Waals surface area (Å²) in [5, 5.41) is 14.1. The molecule has 5 rings (SSSR count). The number of amides is 1. The highest BCUT2D eigenvalue weighted by Gasteiger charge is 2.41. The number of nitrogens with one attached hydrogen (secondary N) is 1. The molecule has 0 aliphatic heterocycles. The summed E-state index contributed by atoms with van der Waals surface area (Å²) < 4.78 is 33.3. The van der Waals surface area contributed by atoms with Crippen molar-refractivity contribution in [3.63, 3.8) is 0 Å². The van der Waals surface area contributed by atoms with Crippen molar-refractivity contribution in [1.29, 1.82) is 0 Å². The minimum Gasteiger partial charge on any atom is -0.309 e. The minimum atomic E-state index is -3.49. The number of aromatic nitrogens is 6. The molecule has 4 heterocycles. The third-order valence-electron chi connectivity index (χ3n) is 4.49. The molecule has 142 valence electrons. The van der Waals surface area contributed by atoms with Crippen LogP contribution >= 0.6 is 15.9 Å². The lowest BCUT2D eigenvalue weighted by Crippen LogP contribution is -2.22. The molecule has 0 atom stereocenters. The van der Waals surface area contributed by atoms with Gasteiger partial charge in [-0.3, -0.25) is 9.20 Å². The fraction of sp³-hybridized carbons (Fsp3) is 0.235. The van der Waals surface area contributed by atoms with Gasteiger partial charge in [-0.15, -0.1) is 10.2 Å². The third kappa shape index (κ3) is 2.82. The number of anilines is 1. The Morgan fingerprint density at radius 2 is 1.93 bits per heavy atom. The van der Waals surface area contributed by atoms with Gasteiger partial charge in [0.15, 0.2) is 17.1 Å². The quantitative estimate of drug-likeness (QED) is 0.519. The number of halogens is 3. The zero-order chi connectivity index (χ0) is 19.5. The summed E-state index contributed by atoms with van der Waals surface area (Å²) in [6, 6.07) is 5.88. The molecule has 0 radical (unpaired) electrons. The molecule has 1 amide bonds. The molecule has 0 unspecified atom stereocenters. The first-order valence-corrected chi connectivity index (χ1v) is 9.27. The van der Waals surface area contributed by atoms with Crippen LogP contribution in [0.4, 0.5) is 14.6 Å². The molecular formula is C17H12BrF2N7O. The smallest absolute Gasteiger partial charge is 0.309 e. The molecule has 11 heteroatoms. The lowest BCUT2D eigenvalue weighted by Gasteiger charge is -2.13.